The Hall–Kier alpha value is 0.884. The summed E-state index contributed by atoms with van der Waals surface area (Å²) in [6.07, 6.45) is 0. The molecule has 1 saturated heterocycles. The predicted molar refractivity (Wildman–Crippen MR) is 61.7 cm³/mol. The molecule has 13 heavy (non-hydrogen) atoms. The standard InChI is InChI=1S/C3H16O5Si5/c1-3-13(2)7-11-5-9-4-10-6-12-8-13/h3,9-12H2,1-2H3. The van der Waals surface area contributed by atoms with Gasteiger partial charge >= 0.3 is 8.56 Å². The van der Waals surface area contributed by atoms with Gasteiger partial charge < -0.3 is 20.6 Å². The van der Waals surface area contributed by atoms with E-state index in [0.717, 1.165) is 6.04 Å². The van der Waals surface area contributed by atoms with Crippen LogP contribution in [0.25, 0.3) is 0 Å². The van der Waals surface area contributed by atoms with E-state index >= 15 is 0 Å². The van der Waals surface area contributed by atoms with Crippen LogP contribution in [0, 0.1) is 0 Å². The minimum absolute atomic E-state index is 0.780. The second-order valence-corrected chi connectivity index (χ2v) is 14.0. The van der Waals surface area contributed by atoms with Gasteiger partial charge in [-0.25, -0.2) is 0 Å². The van der Waals surface area contributed by atoms with Gasteiger partial charge in [0.2, 0.25) is 0 Å². The first kappa shape index (κ1) is 12.0. The van der Waals surface area contributed by atoms with E-state index in [1.54, 1.807) is 0 Å². The molecule has 0 aromatic carbocycles. The fourth-order valence-corrected chi connectivity index (χ4v) is 11.6. The van der Waals surface area contributed by atoms with Gasteiger partial charge in [-0.05, 0) is 12.6 Å². The zero-order valence-electron chi connectivity index (χ0n) is 8.08. The van der Waals surface area contributed by atoms with Crippen molar-refractivity contribution in [1.29, 1.82) is 0 Å². The molecule has 0 saturated carbocycles. The van der Waals surface area contributed by atoms with Crippen LogP contribution >= 0.6 is 0 Å². The van der Waals surface area contributed by atoms with Crippen molar-refractivity contribution in [3.63, 3.8) is 0 Å². The maximum atomic E-state index is 5.71. The van der Waals surface area contributed by atoms with E-state index in [4.69, 9.17) is 20.6 Å². The number of rotatable bonds is 1. The van der Waals surface area contributed by atoms with Crippen LogP contribution in [0.3, 0.4) is 0 Å². The van der Waals surface area contributed by atoms with Gasteiger partial charge in [-0.15, -0.1) is 0 Å². The summed E-state index contributed by atoms with van der Waals surface area (Å²) in [5.74, 6) is 0. The number of hydrogen-bond donors (Lipinski definition) is 0. The van der Waals surface area contributed by atoms with Crippen molar-refractivity contribution < 1.29 is 20.6 Å². The Morgan fingerprint density at radius 1 is 0.923 bits per heavy atom. The second kappa shape index (κ2) is 6.38. The van der Waals surface area contributed by atoms with E-state index in [9.17, 15) is 0 Å². The summed E-state index contributed by atoms with van der Waals surface area (Å²) < 4.78 is 27.4. The average Bonchev–Trinajstić information content (AvgIpc) is 2.16. The Labute approximate surface area is 88.9 Å². The maximum absolute atomic E-state index is 5.71. The first-order valence-corrected chi connectivity index (χ1v) is 11.4. The summed E-state index contributed by atoms with van der Waals surface area (Å²) >= 11 is 0. The van der Waals surface area contributed by atoms with E-state index in [1.165, 1.54) is 0 Å². The van der Waals surface area contributed by atoms with Crippen molar-refractivity contribution in [3.05, 3.63) is 0 Å². The molecule has 1 fully saturated rings. The fraction of sp³-hybridized carbons (Fsp3) is 1.00. The third-order valence-corrected chi connectivity index (χ3v) is 13.0. The van der Waals surface area contributed by atoms with Gasteiger partial charge in [-0.3, -0.25) is 0 Å². The molecule has 1 rings (SSSR count). The van der Waals surface area contributed by atoms with E-state index in [-0.39, 0.29) is 0 Å². The quantitative estimate of drug-likeness (QED) is 0.482. The highest BCUT2D eigenvalue weighted by Crippen LogP contribution is 2.11. The molecule has 0 unspecified atom stereocenters. The maximum Gasteiger partial charge on any atom is 0.316 e. The highest BCUT2D eigenvalue weighted by atomic mass is 28.5. The zero-order valence-corrected chi connectivity index (χ0v) is 14.7. The van der Waals surface area contributed by atoms with Gasteiger partial charge in [0.1, 0.15) is 0 Å². The Balaban J connectivity index is 2.34. The lowest BCUT2D eigenvalue weighted by atomic mass is 11.0. The molecule has 1 aliphatic heterocycles. The van der Waals surface area contributed by atoms with Crippen molar-refractivity contribution in [1.82, 2.24) is 0 Å². The summed E-state index contributed by atoms with van der Waals surface area (Å²) in [6.45, 7) is 4.19. The molecule has 0 radical (unpaired) electrons. The van der Waals surface area contributed by atoms with Crippen LogP contribution in [0.4, 0.5) is 0 Å². The van der Waals surface area contributed by atoms with E-state index in [2.05, 4.69) is 13.5 Å². The minimum Gasteiger partial charge on any atom is -0.425 e. The van der Waals surface area contributed by atoms with Crippen LogP contribution in [0.2, 0.25) is 12.6 Å². The molecule has 0 aromatic heterocycles. The molecule has 10 heteroatoms. The minimum atomic E-state index is -1.89. The van der Waals surface area contributed by atoms with Crippen LogP contribution in [-0.2, 0) is 20.6 Å². The van der Waals surface area contributed by atoms with Crippen LogP contribution < -0.4 is 0 Å². The van der Waals surface area contributed by atoms with Crippen molar-refractivity contribution in [2.24, 2.45) is 0 Å². The molecule has 1 heterocycles. The zero-order chi connectivity index (χ0) is 9.57. The van der Waals surface area contributed by atoms with Crippen molar-refractivity contribution in [2.75, 3.05) is 0 Å². The number of hydrogen-bond acceptors (Lipinski definition) is 5. The lowest BCUT2D eigenvalue weighted by Gasteiger charge is -2.27. The lowest BCUT2D eigenvalue weighted by Crippen LogP contribution is -2.42. The Morgan fingerprint density at radius 2 is 1.38 bits per heavy atom. The van der Waals surface area contributed by atoms with E-state index in [0.29, 0.717) is 0 Å². The molecule has 0 aliphatic carbocycles. The van der Waals surface area contributed by atoms with E-state index in [1.807, 2.05) is 0 Å². The van der Waals surface area contributed by atoms with Gasteiger partial charge in [0, 0.05) is 0 Å². The largest absolute Gasteiger partial charge is 0.425 e. The van der Waals surface area contributed by atoms with E-state index < -0.39 is 48.6 Å². The SMILES string of the molecule is CC[Si]1(C)O[SiH2]O[SiH2]O[SiH2]O[SiH2]O1. The van der Waals surface area contributed by atoms with Crippen molar-refractivity contribution >= 4 is 48.6 Å². The third kappa shape index (κ3) is 4.77. The summed E-state index contributed by atoms with van der Waals surface area (Å²) in [6, 6.07) is 0.976. The molecular formula is C3H16O5Si5. The highest BCUT2D eigenvalue weighted by Gasteiger charge is 2.28. The molecular weight excluding hydrogens is 256 g/mol. The smallest absolute Gasteiger partial charge is 0.316 e. The first-order valence-electron chi connectivity index (χ1n) is 4.28. The highest BCUT2D eigenvalue weighted by molar-refractivity contribution is 6.74. The fourth-order valence-electron chi connectivity index (χ4n) is 0.798. The molecule has 0 N–H and O–H groups in total. The first-order chi connectivity index (χ1) is 6.27. The molecule has 0 aromatic rings. The monoisotopic (exact) mass is 272 g/mol. The molecule has 0 spiro atoms. The Morgan fingerprint density at radius 3 is 1.85 bits per heavy atom. The van der Waals surface area contributed by atoms with Crippen LogP contribution in [-0.4, -0.2) is 48.6 Å². The lowest BCUT2D eigenvalue weighted by molar-refractivity contribution is 0.316. The topological polar surface area (TPSA) is 46.2 Å². The summed E-state index contributed by atoms with van der Waals surface area (Å²) in [7, 11) is -5.12. The van der Waals surface area contributed by atoms with Gasteiger partial charge in [-0.2, -0.15) is 0 Å². The molecule has 0 bridgehead atoms. The Kier molecular flexibility index (Phi) is 5.87. The molecule has 1 aliphatic rings. The normalized spacial score (nSPS) is 40.2. The molecule has 0 atom stereocenters. The van der Waals surface area contributed by atoms with Crippen LogP contribution in [0.5, 0.6) is 0 Å². The van der Waals surface area contributed by atoms with Gasteiger partial charge in [0.25, 0.3) is 40.0 Å². The van der Waals surface area contributed by atoms with Gasteiger partial charge in [0.15, 0.2) is 0 Å². The molecule has 78 valence electrons. The van der Waals surface area contributed by atoms with Gasteiger partial charge in [0.05, 0.1) is 0 Å². The molecule has 0 amide bonds. The third-order valence-electron chi connectivity index (χ3n) is 1.87. The average molecular weight is 273 g/mol. The van der Waals surface area contributed by atoms with Crippen LogP contribution in [0.1, 0.15) is 6.92 Å². The van der Waals surface area contributed by atoms with Gasteiger partial charge in [-0.1, -0.05) is 6.92 Å². The predicted octanol–water partition coefficient (Wildman–Crippen LogP) is -2.83. The summed E-state index contributed by atoms with van der Waals surface area (Å²) in [4.78, 5) is 0. The Bertz CT molecular complexity index is 136. The summed E-state index contributed by atoms with van der Waals surface area (Å²) in [5.41, 5.74) is 0. The second-order valence-electron chi connectivity index (χ2n) is 2.86. The van der Waals surface area contributed by atoms with Crippen molar-refractivity contribution in [2.45, 2.75) is 19.5 Å². The van der Waals surface area contributed by atoms with Crippen molar-refractivity contribution in [3.8, 4) is 0 Å². The molecule has 5 nitrogen and oxygen atoms in total. The summed E-state index contributed by atoms with van der Waals surface area (Å²) in [5, 5.41) is 0. The van der Waals surface area contributed by atoms with Crippen LogP contribution in [0.15, 0.2) is 0 Å².